The molecule has 0 aliphatic carbocycles. The number of benzene rings is 1. The zero-order valence-electron chi connectivity index (χ0n) is 14.6. The normalized spacial score (nSPS) is 15.5. The highest BCUT2D eigenvalue weighted by molar-refractivity contribution is 6.47. The van der Waals surface area contributed by atoms with Gasteiger partial charge in [0.25, 0.3) is 5.91 Å². The molecule has 1 aromatic heterocycles. The molecule has 0 fully saturated rings. The molecule has 0 spiro atoms. The van der Waals surface area contributed by atoms with Crippen molar-refractivity contribution in [2.45, 2.75) is 31.6 Å². The third-order valence-electron chi connectivity index (χ3n) is 4.24. The van der Waals surface area contributed by atoms with Crippen LogP contribution >= 0.6 is 0 Å². The molecule has 0 radical (unpaired) electrons. The Morgan fingerprint density at radius 3 is 2.89 bits per heavy atom. The van der Waals surface area contributed by atoms with Gasteiger partial charge in [-0.15, -0.1) is 10.2 Å². The summed E-state index contributed by atoms with van der Waals surface area (Å²) in [7, 11) is -1.31. The van der Waals surface area contributed by atoms with Crippen LogP contribution in [0.5, 0.6) is 5.75 Å². The van der Waals surface area contributed by atoms with Crippen LogP contribution in [0.1, 0.15) is 28.2 Å². The second kappa shape index (κ2) is 8.14. The Labute approximate surface area is 158 Å². The minimum absolute atomic E-state index is 0.0181. The molecule has 5 N–H and O–H groups in total. The minimum Gasteiger partial charge on any atom is -0.535 e. The molecule has 1 aliphatic rings. The number of carboxylic acid groups (broad SMARTS) is 1. The number of fused-ring (bicyclic) bond motifs is 1. The summed E-state index contributed by atoms with van der Waals surface area (Å²) in [5.74, 6) is 2.76. The van der Waals surface area contributed by atoms with Crippen molar-refractivity contribution in [3.8, 4) is 5.75 Å². The Hall–Kier alpha value is -3.32. The number of aromatic nitrogens is 4. The molecule has 146 valence electrons. The molecule has 2 heterocycles. The average Bonchev–Trinajstić information content (AvgIpc) is 3.08. The summed E-state index contributed by atoms with van der Waals surface area (Å²) in [4.78, 5) is 35.8. The highest BCUT2D eigenvalue weighted by Gasteiger charge is 2.37. The van der Waals surface area contributed by atoms with Gasteiger partial charge in [0.1, 0.15) is 18.1 Å². The van der Waals surface area contributed by atoms with Crippen LogP contribution in [0.4, 0.5) is 0 Å². The van der Waals surface area contributed by atoms with E-state index in [0.717, 1.165) is 4.80 Å². The number of ketones is 1. The van der Waals surface area contributed by atoms with Crippen molar-refractivity contribution in [1.82, 2.24) is 25.6 Å². The molecule has 2 aromatic rings. The monoisotopic (exact) mass is 388 g/mol. The van der Waals surface area contributed by atoms with E-state index in [9.17, 15) is 24.5 Å². The molecule has 3 rings (SSSR count). The van der Waals surface area contributed by atoms with Crippen LogP contribution < -0.4 is 15.9 Å². The maximum Gasteiger partial charge on any atom is 0.526 e. The molecule has 1 aliphatic heterocycles. The molecule has 0 saturated carbocycles. The van der Waals surface area contributed by atoms with Gasteiger partial charge in [-0.1, -0.05) is 12.1 Å². The number of carbonyl (C=O) groups excluding carboxylic acids is 2. The van der Waals surface area contributed by atoms with Gasteiger partial charge in [0.15, 0.2) is 5.82 Å². The number of hydrogen-bond donors (Lipinski definition) is 4. The molecule has 13 heteroatoms. The van der Waals surface area contributed by atoms with Gasteiger partial charge in [-0.3, -0.25) is 15.0 Å². The number of nitrogens with two attached hydrogens (primary N) is 1. The van der Waals surface area contributed by atoms with Crippen molar-refractivity contribution in [1.29, 1.82) is 0 Å². The van der Waals surface area contributed by atoms with E-state index in [-0.39, 0.29) is 42.3 Å². The van der Waals surface area contributed by atoms with E-state index in [1.807, 2.05) is 5.43 Å². The minimum atomic E-state index is -1.31. The number of carbonyl (C=O) groups is 3. The lowest BCUT2D eigenvalue weighted by Crippen LogP contribution is -2.36. The predicted octanol–water partition coefficient (Wildman–Crippen LogP) is -1.65. The summed E-state index contributed by atoms with van der Waals surface area (Å²) in [6.07, 6.45) is 0.144. The first-order valence-corrected chi connectivity index (χ1v) is 8.35. The lowest BCUT2D eigenvalue weighted by Gasteiger charge is -2.27. The van der Waals surface area contributed by atoms with Crippen molar-refractivity contribution in [2.75, 3.05) is 0 Å². The highest BCUT2D eigenvalue weighted by atomic mass is 16.5. The number of rotatable bonds is 7. The van der Waals surface area contributed by atoms with Gasteiger partial charge in [0.05, 0.1) is 12.0 Å². The maximum atomic E-state index is 12.3. The van der Waals surface area contributed by atoms with Gasteiger partial charge in [0, 0.05) is 12.2 Å². The van der Waals surface area contributed by atoms with Crippen molar-refractivity contribution >= 4 is 24.8 Å². The first-order chi connectivity index (χ1) is 13.4. The SMILES string of the molecule is NNC(=O)Cn1nnc(CC(=O)C[C@H]2Cc3cccc(C(=O)O)c3OB2O)n1. The zero-order valence-corrected chi connectivity index (χ0v) is 14.6. The van der Waals surface area contributed by atoms with Gasteiger partial charge in [0.2, 0.25) is 0 Å². The number of Topliss-reactive ketones (excluding diaryl/α,β-unsaturated/α-hetero) is 1. The molecule has 0 unspecified atom stereocenters. The standard InChI is InChI=1S/C15H17BN6O6/c17-18-13(24)7-22-20-12(19-21-22)6-10(23)5-9-4-8-2-1-3-11(15(25)26)14(8)28-16(9)27/h1-3,9,27H,4-7,17H2,(H,18,24)(H,25,26)/t9-/m1/s1. The molecular weight excluding hydrogens is 371 g/mol. The van der Waals surface area contributed by atoms with Crippen LogP contribution in [-0.2, 0) is 29.0 Å². The first kappa shape index (κ1) is 19.4. The molecular formula is C15H17BN6O6. The smallest absolute Gasteiger partial charge is 0.526 e. The van der Waals surface area contributed by atoms with Crippen LogP contribution in [0.2, 0.25) is 5.82 Å². The lowest BCUT2D eigenvalue weighted by atomic mass is 9.64. The van der Waals surface area contributed by atoms with Crippen molar-refractivity contribution < 1.29 is 29.2 Å². The van der Waals surface area contributed by atoms with E-state index in [4.69, 9.17) is 10.5 Å². The topological polar surface area (TPSA) is 183 Å². The largest absolute Gasteiger partial charge is 0.535 e. The third-order valence-corrected chi connectivity index (χ3v) is 4.24. The summed E-state index contributed by atoms with van der Waals surface area (Å²) >= 11 is 0. The summed E-state index contributed by atoms with van der Waals surface area (Å²) in [6, 6.07) is 4.67. The van der Waals surface area contributed by atoms with Gasteiger partial charge in [-0.25, -0.2) is 10.6 Å². The number of para-hydroxylation sites is 1. The second-order valence-electron chi connectivity index (χ2n) is 6.29. The zero-order chi connectivity index (χ0) is 20.3. The predicted molar refractivity (Wildman–Crippen MR) is 92.9 cm³/mol. The van der Waals surface area contributed by atoms with Crippen LogP contribution in [0.25, 0.3) is 0 Å². The Balaban J connectivity index is 1.63. The quantitative estimate of drug-likeness (QED) is 0.185. The van der Waals surface area contributed by atoms with Crippen LogP contribution in [0.15, 0.2) is 18.2 Å². The second-order valence-corrected chi connectivity index (χ2v) is 6.29. The summed E-state index contributed by atoms with van der Waals surface area (Å²) in [5.41, 5.74) is 2.50. The molecule has 0 bridgehead atoms. The number of hydrogen-bond acceptors (Lipinski definition) is 9. The van der Waals surface area contributed by atoms with E-state index < -0.39 is 24.8 Å². The number of nitrogens with zero attached hydrogens (tertiary/aromatic N) is 4. The average molecular weight is 388 g/mol. The number of nitrogens with one attached hydrogen (secondary N) is 1. The van der Waals surface area contributed by atoms with E-state index in [1.54, 1.807) is 12.1 Å². The Bertz CT molecular complexity index is 918. The number of aromatic carboxylic acids is 1. The first-order valence-electron chi connectivity index (χ1n) is 8.35. The number of carboxylic acids is 1. The summed E-state index contributed by atoms with van der Waals surface area (Å²) in [5, 5.41) is 30.7. The summed E-state index contributed by atoms with van der Waals surface area (Å²) in [6.45, 7) is -0.227. The number of hydrazine groups is 1. The fourth-order valence-corrected chi connectivity index (χ4v) is 2.96. The molecule has 1 amide bonds. The lowest BCUT2D eigenvalue weighted by molar-refractivity contribution is -0.122. The van der Waals surface area contributed by atoms with Crippen LogP contribution in [-0.4, -0.2) is 55.1 Å². The van der Waals surface area contributed by atoms with Crippen LogP contribution in [0, 0.1) is 0 Å². The van der Waals surface area contributed by atoms with E-state index in [0.29, 0.717) is 12.0 Å². The summed E-state index contributed by atoms with van der Waals surface area (Å²) < 4.78 is 5.37. The van der Waals surface area contributed by atoms with Crippen molar-refractivity contribution in [3.05, 3.63) is 35.2 Å². The van der Waals surface area contributed by atoms with E-state index in [2.05, 4.69) is 15.4 Å². The highest BCUT2D eigenvalue weighted by Crippen LogP contribution is 2.36. The number of tetrazole rings is 1. The molecule has 12 nitrogen and oxygen atoms in total. The Kier molecular flexibility index (Phi) is 5.66. The van der Waals surface area contributed by atoms with Gasteiger partial charge in [-0.05, 0) is 23.3 Å². The molecule has 1 atom stereocenters. The maximum absolute atomic E-state index is 12.3. The van der Waals surface area contributed by atoms with Gasteiger partial charge in [-0.2, -0.15) is 4.80 Å². The van der Waals surface area contributed by atoms with Crippen LogP contribution in [0.3, 0.4) is 0 Å². The fraction of sp³-hybridized carbons (Fsp3) is 0.333. The number of amides is 1. The fourth-order valence-electron chi connectivity index (χ4n) is 2.96. The molecule has 0 saturated heterocycles. The third kappa shape index (κ3) is 4.32. The molecule has 1 aromatic carbocycles. The van der Waals surface area contributed by atoms with E-state index in [1.165, 1.54) is 6.07 Å². The van der Waals surface area contributed by atoms with Crippen molar-refractivity contribution in [2.24, 2.45) is 5.84 Å². The molecule has 28 heavy (non-hydrogen) atoms. The Morgan fingerprint density at radius 2 is 2.18 bits per heavy atom. The Morgan fingerprint density at radius 1 is 1.39 bits per heavy atom. The van der Waals surface area contributed by atoms with Gasteiger partial charge < -0.3 is 14.8 Å². The van der Waals surface area contributed by atoms with Crippen molar-refractivity contribution in [3.63, 3.8) is 0 Å². The van der Waals surface area contributed by atoms with E-state index >= 15 is 0 Å². The van der Waals surface area contributed by atoms with Gasteiger partial charge >= 0.3 is 13.1 Å².